The number of nitrogens with two attached hydrogens (primary N) is 1. The van der Waals surface area contributed by atoms with Crippen LogP contribution in [0.25, 0.3) is 10.9 Å². The van der Waals surface area contributed by atoms with Crippen LogP contribution in [0.4, 0.5) is 11.8 Å². The molecule has 0 radical (unpaired) electrons. The normalized spacial score (nSPS) is 20.5. The van der Waals surface area contributed by atoms with Crippen molar-refractivity contribution < 1.29 is 10.2 Å². The third kappa shape index (κ3) is 4.60. The van der Waals surface area contributed by atoms with E-state index in [0.717, 1.165) is 24.0 Å². The van der Waals surface area contributed by atoms with Crippen LogP contribution in [0.5, 0.6) is 0 Å². The molecule has 0 spiro atoms. The second-order valence-corrected chi connectivity index (χ2v) is 7.12. The van der Waals surface area contributed by atoms with Crippen LogP contribution >= 0.6 is 0 Å². The van der Waals surface area contributed by atoms with Crippen molar-refractivity contribution >= 4 is 22.7 Å². The van der Waals surface area contributed by atoms with Gasteiger partial charge in [0.15, 0.2) is 0 Å². The van der Waals surface area contributed by atoms with Crippen molar-refractivity contribution in [1.29, 1.82) is 0 Å². The first-order chi connectivity index (χ1) is 12.7. The molecule has 1 aliphatic rings. The minimum atomic E-state index is -0.451. The maximum Gasteiger partial charge on any atom is 0.225 e. The largest absolute Gasteiger partial charge is 0.394 e. The molecule has 6 N–H and O–H groups in total. The Labute approximate surface area is 154 Å². The topological polar surface area (TPSA) is 116 Å². The predicted molar refractivity (Wildman–Crippen MR) is 104 cm³/mol. The Morgan fingerprint density at radius 1 is 1.04 bits per heavy atom. The molecule has 3 rings (SSSR count). The summed E-state index contributed by atoms with van der Waals surface area (Å²) in [6.45, 7) is 1.31. The molecular weight excluding hydrogens is 330 g/mol. The first-order valence-electron chi connectivity index (χ1n) is 9.42. The Morgan fingerprint density at radius 2 is 1.73 bits per heavy atom. The van der Waals surface area contributed by atoms with Gasteiger partial charge in [-0.1, -0.05) is 12.1 Å². The molecule has 1 aliphatic carbocycles. The first kappa shape index (κ1) is 18.8. The van der Waals surface area contributed by atoms with Crippen molar-refractivity contribution in [3.63, 3.8) is 0 Å². The maximum atomic E-state index is 9.35. The zero-order valence-corrected chi connectivity index (χ0v) is 15.1. The molecule has 26 heavy (non-hydrogen) atoms. The van der Waals surface area contributed by atoms with Gasteiger partial charge in [-0.15, -0.1) is 0 Å². The average Bonchev–Trinajstić information content (AvgIpc) is 2.70. The lowest BCUT2D eigenvalue weighted by Crippen LogP contribution is -2.28. The van der Waals surface area contributed by atoms with Crippen LogP contribution < -0.4 is 16.4 Å². The van der Waals surface area contributed by atoms with Gasteiger partial charge < -0.3 is 26.6 Å². The maximum absolute atomic E-state index is 9.35. The van der Waals surface area contributed by atoms with Crippen LogP contribution in [0, 0.1) is 11.8 Å². The summed E-state index contributed by atoms with van der Waals surface area (Å²) in [5.74, 6) is 2.49. The molecule has 0 saturated heterocycles. The lowest BCUT2D eigenvalue weighted by atomic mass is 9.82. The molecule has 1 heterocycles. The second-order valence-electron chi connectivity index (χ2n) is 7.12. The van der Waals surface area contributed by atoms with Gasteiger partial charge in [-0.2, -0.15) is 4.98 Å². The molecule has 142 valence electrons. The van der Waals surface area contributed by atoms with E-state index in [2.05, 4.69) is 20.6 Å². The smallest absolute Gasteiger partial charge is 0.225 e. The van der Waals surface area contributed by atoms with Crippen molar-refractivity contribution in [3.05, 3.63) is 24.3 Å². The average molecular weight is 359 g/mol. The molecule has 1 aromatic carbocycles. The number of nitrogens with one attached hydrogen (secondary N) is 2. The summed E-state index contributed by atoms with van der Waals surface area (Å²) in [5, 5.41) is 26.1. The van der Waals surface area contributed by atoms with Gasteiger partial charge in [-0.25, -0.2) is 4.98 Å². The molecule has 2 aromatic rings. The number of nitrogens with zero attached hydrogens (tertiary/aromatic N) is 2. The summed E-state index contributed by atoms with van der Waals surface area (Å²) < 4.78 is 0. The summed E-state index contributed by atoms with van der Waals surface area (Å²) in [5.41, 5.74) is 6.60. The third-order valence-electron chi connectivity index (χ3n) is 5.23. The van der Waals surface area contributed by atoms with E-state index in [1.165, 1.54) is 25.7 Å². The summed E-state index contributed by atoms with van der Waals surface area (Å²) in [4.78, 5) is 9.18. The van der Waals surface area contributed by atoms with Crippen LogP contribution in [-0.4, -0.2) is 52.5 Å². The lowest BCUT2D eigenvalue weighted by molar-refractivity contribution is 0.203. The number of aliphatic hydroxyl groups excluding tert-OH is 2. The quantitative estimate of drug-likeness (QED) is 0.486. The Bertz CT molecular complexity index is 699. The fourth-order valence-corrected chi connectivity index (χ4v) is 3.51. The summed E-state index contributed by atoms with van der Waals surface area (Å²) >= 11 is 0. The van der Waals surface area contributed by atoms with E-state index in [0.29, 0.717) is 23.6 Å². The summed E-state index contributed by atoms with van der Waals surface area (Å²) in [6.07, 6.45) is 4.77. The summed E-state index contributed by atoms with van der Waals surface area (Å²) in [6, 6.07) is 7.28. The molecule has 0 amide bonds. The van der Waals surface area contributed by atoms with Gasteiger partial charge in [0.25, 0.3) is 0 Å². The van der Waals surface area contributed by atoms with Crippen molar-refractivity contribution in [2.45, 2.75) is 31.7 Å². The Balaban J connectivity index is 1.72. The van der Waals surface area contributed by atoms with Gasteiger partial charge in [0.05, 0.1) is 24.8 Å². The van der Waals surface area contributed by atoms with E-state index < -0.39 is 6.04 Å². The van der Waals surface area contributed by atoms with Crippen molar-refractivity contribution in [2.24, 2.45) is 17.6 Å². The third-order valence-corrected chi connectivity index (χ3v) is 5.23. The van der Waals surface area contributed by atoms with Crippen molar-refractivity contribution in [1.82, 2.24) is 9.97 Å². The molecular formula is C19H29N5O2. The molecule has 0 unspecified atom stereocenters. The molecule has 0 atom stereocenters. The number of aromatic nitrogens is 2. The van der Waals surface area contributed by atoms with Gasteiger partial charge >= 0.3 is 0 Å². The van der Waals surface area contributed by atoms with E-state index >= 15 is 0 Å². The molecule has 0 bridgehead atoms. The molecule has 7 heteroatoms. The van der Waals surface area contributed by atoms with E-state index in [1.54, 1.807) is 0 Å². The number of hydrogen-bond acceptors (Lipinski definition) is 7. The SMILES string of the molecule is NCC1CCC(CNc2nc(NC(CO)CO)c3ccccc3n2)CC1. The van der Waals surface area contributed by atoms with Crippen LogP contribution in [0.3, 0.4) is 0 Å². The number of para-hydroxylation sites is 1. The molecule has 1 aromatic heterocycles. The molecule has 7 nitrogen and oxygen atoms in total. The number of rotatable bonds is 8. The van der Waals surface area contributed by atoms with Gasteiger partial charge in [0.1, 0.15) is 5.82 Å². The van der Waals surface area contributed by atoms with E-state index in [9.17, 15) is 10.2 Å². The highest BCUT2D eigenvalue weighted by Gasteiger charge is 2.20. The number of fused-ring (bicyclic) bond motifs is 1. The van der Waals surface area contributed by atoms with Gasteiger partial charge in [-0.3, -0.25) is 0 Å². The van der Waals surface area contributed by atoms with Crippen molar-refractivity contribution in [2.75, 3.05) is 36.9 Å². The van der Waals surface area contributed by atoms with Crippen LogP contribution in [-0.2, 0) is 0 Å². The summed E-state index contributed by atoms with van der Waals surface area (Å²) in [7, 11) is 0. The Morgan fingerprint density at radius 3 is 2.42 bits per heavy atom. The van der Waals surface area contributed by atoms with Gasteiger partial charge in [0, 0.05) is 11.9 Å². The first-order valence-corrected chi connectivity index (χ1v) is 9.42. The van der Waals surface area contributed by atoms with Gasteiger partial charge in [-0.05, 0) is 56.2 Å². The molecule has 1 saturated carbocycles. The van der Waals surface area contributed by atoms with Crippen LogP contribution in [0.2, 0.25) is 0 Å². The molecule has 1 fully saturated rings. The Hall–Kier alpha value is -1.96. The van der Waals surface area contributed by atoms with Crippen LogP contribution in [0.1, 0.15) is 25.7 Å². The highest BCUT2D eigenvalue weighted by atomic mass is 16.3. The highest BCUT2D eigenvalue weighted by Crippen LogP contribution is 2.28. The van der Waals surface area contributed by atoms with Crippen molar-refractivity contribution in [3.8, 4) is 0 Å². The number of aliphatic hydroxyl groups is 2. The number of benzene rings is 1. The minimum Gasteiger partial charge on any atom is -0.394 e. The highest BCUT2D eigenvalue weighted by molar-refractivity contribution is 5.90. The number of anilines is 2. The van der Waals surface area contributed by atoms with E-state index in [-0.39, 0.29) is 13.2 Å². The van der Waals surface area contributed by atoms with Crippen LogP contribution in [0.15, 0.2) is 24.3 Å². The van der Waals surface area contributed by atoms with E-state index in [1.807, 2.05) is 24.3 Å². The zero-order valence-electron chi connectivity index (χ0n) is 15.1. The fraction of sp³-hybridized carbons (Fsp3) is 0.579. The standard InChI is InChI=1S/C19H29N5O2/c20-9-13-5-7-14(8-6-13)10-21-19-23-17-4-2-1-3-16(17)18(24-19)22-15(11-25)12-26/h1-4,13-15,25-26H,5-12,20H2,(H2,21,22,23,24). The molecule has 0 aliphatic heterocycles. The fourth-order valence-electron chi connectivity index (χ4n) is 3.51. The lowest BCUT2D eigenvalue weighted by Gasteiger charge is -2.27. The monoisotopic (exact) mass is 359 g/mol. The Kier molecular flexibility index (Phi) is 6.60. The second kappa shape index (κ2) is 9.12. The minimum absolute atomic E-state index is 0.165. The van der Waals surface area contributed by atoms with Gasteiger partial charge in [0.2, 0.25) is 5.95 Å². The van der Waals surface area contributed by atoms with E-state index in [4.69, 9.17) is 5.73 Å². The number of hydrogen-bond donors (Lipinski definition) is 5. The zero-order chi connectivity index (χ0) is 18.4. The predicted octanol–water partition coefficient (Wildman–Crippen LogP) is 1.57.